The summed E-state index contributed by atoms with van der Waals surface area (Å²) in [4.78, 5) is 13.4. The summed E-state index contributed by atoms with van der Waals surface area (Å²) in [5, 5.41) is 9.36. The summed E-state index contributed by atoms with van der Waals surface area (Å²) in [5.74, 6) is -0.417. The van der Waals surface area contributed by atoms with Crippen molar-refractivity contribution in [3.05, 3.63) is 0 Å². The number of carbonyl (C=O) groups is 1. The predicted molar refractivity (Wildman–Crippen MR) is 63.9 cm³/mol. The summed E-state index contributed by atoms with van der Waals surface area (Å²) < 4.78 is 11.3. The molecule has 0 amide bonds. The van der Waals surface area contributed by atoms with E-state index in [0.29, 0.717) is 12.0 Å². The van der Waals surface area contributed by atoms with Gasteiger partial charge in [0.05, 0.1) is 5.60 Å². The third-order valence-corrected chi connectivity index (χ3v) is 4.08. The maximum Gasteiger partial charge on any atom is 0.321 e. The van der Waals surface area contributed by atoms with Crippen molar-refractivity contribution in [3.63, 3.8) is 0 Å². The molecular formula is C13H21NO4. The van der Waals surface area contributed by atoms with Gasteiger partial charge in [-0.05, 0) is 46.0 Å². The van der Waals surface area contributed by atoms with Crippen LogP contribution in [0.25, 0.3) is 0 Å². The number of likely N-dealkylation sites (tertiary alicyclic amines) is 1. The van der Waals surface area contributed by atoms with Gasteiger partial charge in [-0.15, -0.1) is 0 Å². The van der Waals surface area contributed by atoms with Gasteiger partial charge in [0.2, 0.25) is 0 Å². The Labute approximate surface area is 107 Å². The molecule has 1 N–H and O–H groups in total. The smallest absolute Gasteiger partial charge is 0.321 e. The number of piperidine rings is 1. The van der Waals surface area contributed by atoms with Crippen LogP contribution in [0.1, 0.15) is 40.0 Å². The number of ether oxygens (including phenoxy) is 2. The van der Waals surface area contributed by atoms with E-state index in [1.54, 1.807) is 0 Å². The maximum atomic E-state index is 11.4. The lowest BCUT2D eigenvalue weighted by Crippen LogP contribution is -2.48. The van der Waals surface area contributed by atoms with Gasteiger partial charge < -0.3 is 14.6 Å². The van der Waals surface area contributed by atoms with Crippen molar-refractivity contribution in [3.8, 4) is 0 Å². The van der Waals surface area contributed by atoms with E-state index >= 15 is 0 Å². The van der Waals surface area contributed by atoms with Crippen LogP contribution < -0.4 is 0 Å². The molecule has 5 unspecified atom stereocenters. The molecule has 0 aromatic rings. The van der Waals surface area contributed by atoms with Crippen LogP contribution in [-0.4, -0.2) is 46.2 Å². The monoisotopic (exact) mass is 255 g/mol. The second-order valence-corrected chi connectivity index (χ2v) is 6.58. The van der Waals surface area contributed by atoms with E-state index in [0.717, 1.165) is 19.3 Å². The number of nitrogens with zero attached hydrogens (tertiary/aromatic N) is 1. The molecule has 3 fully saturated rings. The third-order valence-electron chi connectivity index (χ3n) is 4.08. The summed E-state index contributed by atoms with van der Waals surface area (Å²) in [6.07, 6.45) is 2.72. The Morgan fingerprint density at radius 1 is 1.39 bits per heavy atom. The third kappa shape index (κ3) is 2.04. The lowest BCUT2D eigenvalue weighted by atomic mass is 9.99. The first-order chi connectivity index (χ1) is 8.37. The van der Waals surface area contributed by atoms with E-state index in [9.17, 15) is 9.90 Å². The highest BCUT2D eigenvalue weighted by Gasteiger charge is 2.59. The zero-order chi connectivity index (χ0) is 13.1. The van der Waals surface area contributed by atoms with Crippen molar-refractivity contribution in [2.24, 2.45) is 5.92 Å². The van der Waals surface area contributed by atoms with Crippen molar-refractivity contribution >= 4 is 5.97 Å². The average molecular weight is 255 g/mol. The molecule has 0 aromatic heterocycles. The summed E-state index contributed by atoms with van der Waals surface area (Å²) >= 11 is 0. The summed E-state index contributed by atoms with van der Waals surface area (Å²) in [6.45, 7) is 5.95. The maximum absolute atomic E-state index is 11.4. The van der Waals surface area contributed by atoms with Crippen LogP contribution in [0.5, 0.6) is 0 Å². The zero-order valence-corrected chi connectivity index (χ0v) is 11.1. The molecule has 2 saturated heterocycles. The van der Waals surface area contributed by atoms with Crippen LogP contribution in [0, 0.1) is 5.92 Å². The van der Waals surface area contributed by atoms with E-state index in [2.05, 4.69) is 0 Å². The van der Waals surface area contributed by atoms with E-state index in [4.69, 9.17) is 9.47 Å². The minimum absolute atomic E-state index is 0.152. The minimum atomic E-state index is -0.716. The molecular weight excluding hydrogens is 234 g/mol. The fourth-order valence-electron chi connectivity index (χ4n) is 3.45. The molecule has 0 radical (unpaired) electrons. The van der Waals surface area contributed by atoms with E-state index in [-0.39, 0.29) is 24.2 Å². The van der Waals surface area contributed by atoms with E-state index in [1.165, 1.54) is 0 Å². The SMILES string of the molecule is CC(C)(C)OC1OC1N1C2CCC(C2)C1C(=O)O. The van der Waals surface area contributed by atoms with Crippen LogP contribution in [0.4, 0.5) is 0 Å². The molecule has 0 spiro atoms. The fourth-order valence-corrected chi connectivity index (χ4v) is 3.45. The standard InChI is InChI=1S/C13H21NO4/c1-13(2,3)18-12-10(17-12)14-8-5-4-7(6-8)9(14)11(15)16/h7-10,12H,4-6H2,1-3H3,(H,15,16). The molecule has 0 aromatic carbocycles. The van der Waals surface area contributed by atoms with Crippen LogP contribution in [0.3, 0.4) is 0 Å². The quantitative estimate of drug-likeness (QED) is 0.773. The molecule has 2 aliphatic heterocycles. The first-order valence-electron chi connectivity index (χ1n) is 6.70. The van der Waals surface area contributed by atoms with Gasteiger partial charge >= 0.3 is 5.97 Å². The van der Waals surface area contributed by atoms with Crippen molar-refractivity contribution < 1.29 is 19.4 Å². The van der Waals surface area contributed by atoms with Gasteiger partial charge in [0.15, 0.2) is 12.5 Å². The molecule has 1 aliphatic carbocycles. The van der Waals surface area contributed by atoms with Crippen LogP contribution in [0.2, 0.25) is 0 Å². The van der Waals surface area contributed by atoms with Gasteiger partial charge in [-0.2, -0.15) is 0 Å². The van der Waals surface area contributed by atoms with Crippen molar-refractivity contribution in [1.82, 2.24) is 4.90 Å². The van der Waals surface area contributed by atoms with Gasteiger partial charge in [0, 0.05) is 6.04 Å². The molecule has 5 heteroatoms. The van der Waals surface area contributed by atoms with Gasteiger partial charge in [-0.25, -0.2) is 0 Å². The molecule has 2 heterocycles. The highest BCUT2D eigenvalue weighted by molar-refractivity contribution is 5.74. The Morgan fingerprint density at radius 2 is 2.11 bits per heavy atom. The zero-order valence-electron chi connectivity index (χ0n) is 11.1. The lowest BCUT2D eigenvalue weighted by Gasteiger charge is -2.31. The summed E-state index contributed by atoms with van der Waals surface area (Å²) in [5.41, 5.74) is -0.253. The first kappa shape index (κ1) is 12.4. The lowest BCUT2D eigenvalue weighted by molar-refractivity contribution is -0.146. The van der Waals surface area contributed by atoms with E-state index in [1.807, 2.05) is 25.7 Å². The molecule has 3 aliphatic rings. The highest BCUT2D eigenvalue weighted by Crippen LogP contribution is 2.48. The number of carboxylic acid groups (broad SMARTS) is 1. The van der Waals surface area contributed by atoms with E-state index < -0.39 is 5.97 Å². The Morgan fingerprint density at radius 3 is 2.72 bits per heavy atom. The fraction of sp³-hybridized carbons (Fsp3) is 0.923. The highest BCUT2D eigenvalue weighted by atomic mass is 16.8. The Bertz CT molecular complexity index is 364. The van der Waals surface area contributed by atoms with Crippen LogP contribution in [0.15, 0.2) is 0 Å². The Hall–Kier alpha value is -0.650. The average Bonchev–Trinajstić information content (AvgIpc) is 2.72. The second kappa shape index (κ2) is 3.92. The van der Waals surface area contributed by atoms with Crippen molar-refractivity contribution in [2.45, 2.75) is 70.2 Å². The molecule has 102 valence electrons. The van der Waals surface area contributed by atoms with Crippen LogP contribution >= 0.6 is 0 Å². The molecule has 5 nitrogen and oxygen atoms in total. The van der Waals surface area contributed by atoms with Crippen molar-refractivity contribution in [2.75, 3.05) is 0 Å². The summed E-state index contributed by atoms with van der Waals surface area (Å²) in [6, 6.07) is -0.00279. The van der Waals surface area contributed by atoms with Gasteiger partial charge in [0.25, 0.3) is 0 Å². The topological polar surface area (TPSA) is 62.3 Å². The normalized spacial score (nSPS) is 43.4. The number of rotatable bonds is 3. The Kier molecular flexibility index (Phi) is 2.70. The number of epoxide rings is 1. The predicted octanol–water partition coefficient (Wildman–Crippen LogP) is 1.42. The van der Waals surface area contributed by atoms with Crippen LogP contribution in [-0.2, 0) is 14.3 Å². The van der Waals surface area contributed by atoms with Gasteiger partial charge in [-0.3, -0.25) is 9.69 Å². The molecule has 1 saturated carbocycles. The molecule has 2 bridgehead atoms. The largest absolute Gasteiger partial charge is 0.480 e. The van der Waals surface area contributed by atoms with Gasteiger partial charge in [0.1, 0.15) is 6.04 Å². The van der Waals surface area contributed by atoms with Crippen molar-refractivity contribution in [1.29, 1.82) is 0 Å². The second-order valence-electron chi connectivity index (χ2n) is 6.58. The number of carboxylic acids is 1. The molecule has 18 heavy (non-hydrogen) atoms. The minimum Gasteiger partial charge on any atom is -0.480 e. The number of fused-ring (bicyclic) bond motifs is 2. The molecule has 3 rings (SSSR count). The first-order valence-corrected chi connectivity index (χ1v) is 6.70. The number of hydrogen-bond acceptors (Lipinski definition) is 4. The number of hydrogen-bond donors (Lipinski definition) is 1. The van der Waals surface area contributed by atoms with Gasteiger partial charge in [-0.1, -0.05) is 0 Å². The number of aliphatic carboxylic acids is 1. The Balaban J connectivity index is 1.68. The summed E-state index contributed by atoms with van der Waals surface area (Å²) in [7, 11) is 0. The molecule has 5 atom stereocenters.